The van der Waals surface area contributed by atoms with Gasteiger partial charge in [-0.05, 0) is 42.8 Å². The molecule has 1 aliphatic rings. The molecule has 5 heteroatoms. The summed E-state index contributed by atoms with van der Waals surface area (Å²) >= 11 is 0. The number of carbonyl (C=O) groups excluding carboxylic acids is 3. The van der Waals surface area contributed by atoms with E-state index < -0.39 is 0 Å². The zero-order chi connectivity index (χ0) is 19.7. The zero-order valence-electron chi connectivity index (χ0n) is 15.3. The largest absolute Gasteiger partial charge is 0.346 e. The van der Waals surface area contributed by atoms with E-state index in [2.05, 4.69) is 5.32 Å². The molecule has 0 saturated heterocycles. The van der Waals surface area contributed by atoms with Crippen molar-refractivity contribution in [2.24, 2.45) is 0 Å². The number of nitrogens with one attached hydrogen (secondary N) is 1. The average Bonchev–Trinajstić information content (AvgIpc) is 2.99. The van der Waals surface area contributed by atoms with Crippen LogP contribution in [0.1, 0.15) is 49.6 Å². The molecule has 1 aliphatic heterocycles. The number of carbonyl (C=O) groups is 3. The Kier molecular flexibility index (Phi) is 4.49. The highest BCUT2D eigenvalue weighted by atomic mass is 16.2. The molecule has 0 spiro atoms. The lowest BCUT2D eigenvalue weighted by Gasteiger charge is -2.17. The summed E-state index contributed by atoms with van der Waals surface area (Å²) in [5, 5.41) is 2.94. The molecule has 0 bridgehead atoms. The Morgan fingerprint density at radius 2 is 1.43 bits per heavy atom. The first-order valence-corrected chi connectivity index (χ1v) is 9.00. The molecule has 0 unspecified atom stereocenters. The van der Waals surface area contributed by atoms with Crippen LogP contribution in [0.3, 0.4) is 0 Å². The van der Waals surface area contributed by atoms with Crippen molar-refractivity contribution in [1.29, 1.82) is 0 Å². The lowest BCUT2D eigenvalue weighted by atomic mass is 10.1. The van der Waals surface area contributed by atoms with E-state index >= 15 is 0 Å². The van der Waals surface area contributed by atoms with Crippen molar-refractivity contribution in [2.45, 2.75) is 13.0 Å². The predicted octanol–water partition coefficient (Wildman–Crippen LogP) is 3.98. The molecule has 1 N–H and O–H groups in total. The van der Waals surface area contributed by atoms with Crippen molar-refractivity contribution in [3.8, 4) is 0 Å². The van der Waals surface area contributed by atoms with Gasteiger partial charge in [0.2, 0.25) is 0 Å². The second-order valence-electron chi connectivity index (χ2n) is 6.65. The van der Waals surface area contributed by atoms with Gasteiger partial charge in [0, 0.05) is 5.56 Å². The first-order valence-electron chi connectivity index (χ1n) is 9.00. The molecule has 1 heterocycles. The monoisotopic (exact) mass is 370 g/mol. The van der Waals surface area contributed by atoms with Crippen LogP contribution >= 0.6 is 0 Å². The van der Waals surface area contributed by atoms with E-state index in [1.807, 2.05) is 37.3 Å². The zero-order valence-corrected chi connectivity index (χ0v) is 15.3. The molecule has 0 aromatic heterocycles. The van der Waals surface area contributed by atoms with Gasteiger partial charge >= 0.3 is 0 Å². The number of benzene rings is 3. The number of rotatable bonds is 4. The van der Waals surface area contributed by atoms with E-state index in [-0.39, 0.29) is 23.8 Å². The van der Waals surface area contributed by atoms with Crippen LogP contribution in [0.2, 0.25) is 0 Å². The summed E-state index contributed by atoms with van der Waals surface area (Å²) in [5.74, 6) is -1.03. The number of fused-ring (bicyclic) bond motifs is 1. The Morgan fingerprint density at radius 3 is 2.07 bits per heavy atom. The van der Waals surface area contributed by atoms with Gasteiger partial charge in [-0.15, -0.1) is 0 Å². The molecule has 4 rings (SSSR count). The fraction of sp³-hybridized carbons (Fsp3) is 0.0870. The maximum absolute atomic E-state index is 12.7. The van der Waals surface area contributed by atoms with Crippen LogP contribution in [0.5, 0.6) is 0 Å². The van der Waals surface area contributed by atoms with E-state index in [1.165, 1.54) is 0 Å². The second-order valence-corrected chi connectivity index (χ2v) is 6.65. The van der Waals surface area contributed by atoms with E-state index in [1.54, 1.807) is 48.5 Å². The highest BCUT2D eigenvalue weighted by Crippen LogP contribution is 2.28. The fourth-order valence-corrected chi connectivity index (χ4v) is 3.32. The first-order chi connectivity index (χ1) is 13.6. The van der Waals surface area contributed by atoms with Gasteiger partial charge in [-0.3, -0.25) is 14.4 Å². The van der Waals surface area contributed by atoms with Crippen molar-refractivity contribution >= 4 is 23.4 Å². The summed E-state index contributed by atoms with van der Waals surface area (Å²) in [6, 6.07) is 22.7. The minimum atomic E-state index is -0.379. The van der Waals surface area contributed by atoms with Gasteiger partial charge < -0.3 is 5.32 Å². The summed E-state index contributed by atoms with van der Waals surface area (Å²) in [6.07, 6.45) is 0. The van der Waals surface area contributed by atoms with Gasteiger partial charge in [-0.25, -0.2) is 4.90 Å². The van der Waals surface area contributed by atoms with Crippen LogP contribution < -0.4 is 10.2 Å². The molecule has 138 valence electrons. The van der Waals surface area contributed by atoms with E-state index in [0.29, 0.717) is 22.4 Å². The van der Waals surface area contributed by atoms with Gasteiger partial charge in [0.05, 0.1) is 22.9 Å². The highest BCUT2D eigenvalue weighted by molar-refractivity contribution is 6.34. The first kappa shape index (κ1) is 17.7. The van der Waals surface area contributed by atoms with Gasteiger partial charge in [0.1, 0.15) is 0 Å². The Hall–Kier alpha value is -3.73. The van der Waals surface area contributed by atoms with Gasteiger partial charge in [0.15, 0.2) is 0 Å². The third-order valence-corrected chi connectivity index (χ3v) is 4.81. The normalized spacial score (nSPS) is 14.0. The van der Waals surface area contributed by atoms with Crippen LogP contribution in [0.25, 0.3) is 0 Å². The number of amides is 3. The van der Waals surface area contributed by atoms with Crippen LogP contribution in [-0.2, 0) is 0 Å². The molecule has 0 fully saturated rings. The lowest BCUT2D eigenvalue weighted by Crippen LogP contribution is -2.30. The number of anilines is 1. The van der Waals surface area contributed by atoms with Crippen molar-refractivity contribution < 1.29 is 14.4 Å². The Balaban J connectivity index is 1.58. The van der Waals surface area contributed by atoms with Crippen molar-refractivity contribution in [1.82, 2.24) is 5.32 Å². The van der Waals surface area contributed by atoms with Crippen LogP contribution in [0.15, 0.2) is 78.9 Å². The van der Waals surface area contributed by atoms with E-state index in [4.69, 9.17) is 0 Å². The minimum Gasteiger partial charge on any atom is -0.346 e. The molecule has 0 saturated carbocycles. The molecular formula is C23H18N2O3. The molecule has 5 nitrogen and oxygen atoms in total. The third-order valence-electron chi connectivity index (χ3n) is 4.81. The Labute approximate surface area is 162 Å². The summed E-state index contributed by atoms with van der Waals surface area (Å²) in [5.41, 5.74) is 2.51. The molecule has 3 aromatic rings. The summed E-state index contributed by atoms with van der Waals surface area (Å²) < 4.78 is 0. The fourth-order valence-electron chi connectivity index (χ4n) is 3.32. The molecule has 1 atom stereocenters. The molecule has 28 heavy (non-hydrogen) atoms. The maximum atomic E-state index is 12.7. The van der Waals surface area contributed by atoms with Crippen LogP contribution in [0, 0.1) is 0 Å². The average molecular weight is 370 g/mol. The van der Waals surface area contributed by atoms with Crippen LogP contribution in [0.4, 0.5) is 5.69 Å². The van der Waals surface area contributed by atoms with Gasteiger partial charge in [0.25, 0.3) is 17.7 Å². The molecule has 3 aromatic carbocycles. The Bertz CT molecular complexity index is 1040. The quantitative estimate of drug-likeness (QED) is 0.707. The summed E-state index contributed by atoms with van der Waals surface area (Å²) in [6.45, 7) is 1.90. The highest BCUT2D eigenvalue weighted by Gasteiger charge is 2.36. The standard InChI is InChI=1S/C23H18N2O3/c1-15(16-8-3-2-4-9-16)24-21(26)17-10-7-11-18(14-17)25-22(27)19-12-5-6-13-20(19)23(25)28/h2-15H,1H3,(H,24,26)/t15-/m1/s1. The van der Waals surface area contributed by atoms with Gasteiger partial charge in [-0.1, -0.05) is 48.5 Å². The molecular weight excluding hydrogens is 352 g/mol. The number of nitrogens with zero attached hydrogens (tertiary/aromatic N) is 1. The van der Waals surface area contributed by atoms with Crippen molar-refractivity contribution in [3.05, 3.63) is 101 Å². The smallest absolute Gasteiger partial charge is 0.266 e. The number of hydrogen-bond acceptors (Lipinski definition) is 3. The molecule has 0 radical (unpaired) electrons. The lowest BCUT2D eigenvalue weighted by molar-refractivity contribution is 0.0916. The van der Waals surface area contributed by atoms with Crippen molar-refractivity contribution in [2.75, 3.05) is 4.90 Å². The topological polar surface area (TPSA) is 66.5 Å². The number of imide groups is 1. The number of hydrogen-bond donors (Lipinski definition) is 1. The van der Waals surface area contributed by atoms with Gasteiger partial charge in [-0.2, -0.15) is 0 Å². The summed E-state index contributed by atoms with van der Waals surface area (Å²) in [4.78, 5) is 39.1. The minimum absolute atomic E-state index is 0.170. The third kappa shape index (κ3) is 3.07. The Morgan fingerprint density at radius 1 is 0.821 bits per heavy atom. The summed E-state index contributed by atoms with van der Waals surface area (Å²) in [7, 11) is 0. The second kappa shape index (κ2) is 7.12. The van der Waals surface area contributed by atoms with E-state index in [9.17, 15) is 14.4 Å². The molecule has 0 aliphatic carbocycles. The maximum Gasteiger partial charge on any atom is 0.266 e. The van der Waals surface area contributed by atoms with Crippen molar-refractivity contribution in [3.63, 3.8) is 0 Å². The van der Waals surface area contributed by atoms with Crippen LogP contribution in [-0.4, -0.2) is 17.7 Å². The SMILES string of the molecule is C[C@@H](NC(=O)c1cccc(N2C(=O)c3ccccc3C2=O)c1)c1ccccc1. The predicted molar refractivity (Wildman–Crippen MR) is 106 cm³/mol. The molecule has 3 amide bonds. The van der Waals surface area contributed by atoms with E-state index in [0.717, 1.165) is 10.5 Å².